The molecule has 0 aliphatic heterocycles. The highest BCUT2D eigenvalue weighted by Crippen LogP contribution is 2.22. The third kappa shape index (κ3) is 3.81. The maximum atomic E-state index is 11.2. The molecule has 0 amide bonds. The van der Waals surface area contributed by atoms with Gasteiger partial charge in [0, 0.05) is 6.07 Å². The predicted octanol–water partition coefficient (Wildman–Crippen LogP) is 2.52. The third-order valence-corrected chi connectivity index (χ3v) is 1.77. The number of hydrogen-bond acceptors (Lipinski definition) is 4. The lowest BCUT2D eigenvalue weighted by molar-refractivity contribution is 0.0600. The molecule has 1 aromatic rings. The van der Waals surface area contributed by atoms with Crippen molar-refractivity contribution in [3.63, 3.8) is 0 Å². The second-order valence-corrected chi connectivity index (χ2v) is 2.59. The van der Waals surface area contributed by atoms with Gasteiger partial charge < -0.3 is 14.2 Å². The molecule has 0 saturated heterocycles. The smallest absolute Gasteiger partial charge is 0.338 e. The van der Waals surface area contributed by atoms with E-state index in [4.69, 9.17) is 9.47 Å². The zero-order chi connectivity index (χ0) is 12.6. The number of benzene rings is 1. The Hall–Kier alpha value is -1.71. The molecule has 16 heavy (non-hydrogen) atoms. The molecule has 4 nitrogen and oxygen atoms in total. The average molecular weight is 226 g/mol. The van der Waals surface area contributed by atoms with Crippen molar-refractivity contribution in [1.29, 1.82) is 0 Å². The minimum absolute atomic E-state index is 0.406. The van der Waals surface area contributed by atoms with Crippen LogP contribution in [0.5, 0.6) is 11.5 Å². The SMILES string of the molecule is CC.COC(=O)c1cc(OC)cc(OC)c1. The largest absolute Gasteiger partial charge is 0.497 e. The van der Waals surface area contributed by atoms with Gasteiger partial charge in [0.25, 0.3) is 0 Å². The maximum absolute atomic E-state index is 11.2. The van der Waals surface area contributed by atoms with Crippen molar-refractivity contribution in [2.75, 3.05) is 21.3 Å². The molecule has 0 aromatic heterocycles. The van der Waals surface area contributed by atoms with Gasteiger partial charge in [-0.2, -0.15) is 0 Å². The monoisotopic (exact) mass is 226 g/mol. The molecule has 0 unspecified atom stereocenters. The summed E-state index contributed by atoms with van der Waals surface area (Å²) in [6.45, 7) is 4.00. The van der Waals surface area contributed by atoms with Crippen LogP contribution in [-0.2, 0) is 4.74 Å². The van der Waals surface area contributed by atoms with E-state index in [9.17, 15) is 4.79 Å². The number of esters is 1. The van der Waals surface area contributed by atoms with Crippen LogP contribution in [0.25, 0.3) is 0 Å². The molecule has 0 saturated carbocycles. The quantitative estimate of drug-likeness (QED) is 0.743. The van der Waals surface area contributed by atoms with Gasteiger partial charge >= 0.3 is 5.97 Å². The highest BCUT2D eigenvalue weighted by atomic mass is 16.5. The summed E-state index contributed by atoms with van der Waals surface area (Å²) in [6.07, 6.45) is 0. The number of carbonyl (C=O) groups is 1. The van der Waals surface area contributed by atoms with Crippen LogP contribution in [0.15, 0.2) is 18.2 Å². The lowest BCUT2D eigenvalue weighted by Gasteiger charge is -2.06. The van der Waals surface area contributed by atoms with Gasteiger partial charge in [0.05, 0.1) is 26.9 Å². The third-order valence-electron chi connectivity index (χ3n) is 1.77. The number of methoxy groups -OCH3 is 3. The Bertz CT molecular complexity index is 312. The average Bonchev–Trinajstić information content (AvgIpc) is 2.39. The summed E-state index contributed by atoms with van der Waals surface area (Å²) in [6, 6.07) is 4.87. The zero-order valence-corrected chi connectivity index (χ0v) is 10.4. The maximum Gasteiger partial charge on any atom is 0.338 e. The second-order valence-electron chi connectivity index (χ2n) is 2.59. The summed E-state index contributed by atoms with van der Waals surface area (Å²) in [7, 11) is 4.37. The van der Waals surface area contributed by atoms with E-state index in [2.05, 4.69) is 4.74 Å². The molecule has 0 spiro atoms. The van der Waals surface area contributed by atoms with Crippen molar-refractivity contribution in [3.05, 3.63) is 23.8 Å². The zero-order valence-electron chi connectivity index (χ0n) is 10.4. The summed E-state index contributed by atoms with van der Waals surface area (Å²) in [5.74, 6) is 0.705. The van der Waals surface area contributed by atoms with Gasteiger partial charge in [0.2, 0.25) is 0 Å². The molecule has 0 heterocycles. The van der Waals surface area contributed by atoms with Crippen molar-refractivity contribution in [1.82, 2.24) is 0 Å². The highest BCUT2D eigenvalue weighted by Gasteiger charge is 2.09. The Morgan fingerprint density at radius 2 is 1.38 bits per heavy atom. The van der Waals surface area contributed by atoms with E-state index in [-0.39, 0.29) is 0 Å². The van der Waals surface area contributed by atoms with Crippen LogP contribution in [0, 0.1) is 0 Å². The topological polar surface area (TPSA) is 44.8 Å². The predicted molar refractivity (Wildman–Crippen MR) is 62.2 cm³/mol. The summed E-state index contributed by atoms with van der Waals surface area (Å²) in [4.78, 5) is 11.2. The molecule has 0 radical (unpaired) electrons. The van der Waals surface area contributed by atoms with E-state index in [1.54, 1.807) is 18.2 Å². The number of carbonyl (C=O) groups excluding carboxylic acids is 1. The van der Waals surface area contributed by atoms with Crippen LogP contribution < -0.4 is 9.47 Å². The van der Waals surface area contributed by atoms with E-state index in [0.717, 1.165) is 0 Å². The molecule has 90 valence electrons. The van der Waals surface area contributed by atoms with Crippen LogP contribution >= 0.6 is 0 Å². The van der Waals surface area contributed by atoms with Crippen LogP contribution in [0.2, 0.25) is 0 Å². The number of ether oxygens (including phenoxy) is 3. The molecule has 0 bridgehead atoms. The summed E-state index contributed by atoms with van der Waals surface area (Å²) in [5, 5.41) is 0. The molecular formula is C12H18O4. The second kappa shape index (κ2) is 7.56. The first-order valence-electron chi connectivity index (χ1n) is 5.02. The van der Waals surface area contributed by atoms with E-state index < -0.39 is 5.97 Å². The van der Waals surface area contributed by atoms with Gasteiger partial charge in [-0.05, 0) is 12.1 Å². The van der Waals surface area contributed by atoms with Crippen LogP contribution in [-0.4, -0.2) is 27.3 Å². The lowest BCUT2D eigenvalue weighted by atomic mass is 10.2. The van der Waals surface area contributed by atoms with Gasteiger partial charge in [-0.25, -0.2) is 4.79 Å². The molecule has 1 aromatic carbocycles. The fourth-order valence-electron chi connectivity index (χ4n) is 1.04. The summed E-state index contributed by atoms with van der Waals surface area (Å²) < 4.78 is 14.6. The molecule has 4 heteroatoms. The molecule has 0 aliphatic rings. The molecular weight excluding hydrogens is 208 g/mol. The normalized spacial score (nSPS) is 8.56. The van der Waals surface area contributed by atoms with Crippen molar-refractivity contribution < 1.29 is 19.0 Å². The van der Waals surface area contributed by atoms with Crippen LogP contribution in [0.4, 0.5) is 0 Å². The van der Waals surface area contributed by atoms with Gasteiger partial charge in [-0.1, -0.05) is 13.8 Å². The Kier molecular flexibility index (Phi) is 6.76. The molecule has 0 aliphatic carbocycles. The van der Waals surface area contributed by atoms with Gasteiger partial charge in [0.1, 0.15) is 11.5 Å². The van der Waals surface area contributed by atoms with E-state index in [0.29, 0.717) is 17.1 Å². The van der Waals surface area contributed by atoms with E-state index >= 15 is 0 Å². The fraction of sp³-hybridized carbons (Fsp3) is 0.417. The molecule has 0 atom stereocenters. The van der Waals surface area contributed by atoms with Crippen molar-refractivity contribution in [2.24, 2.45) is 0 Å². The van der Waals surface area contributed by atoms with Crippen molar-refractivity contribution >= 4 is 5.97 Å². The number of hydrogen-bond donors (Lipinski definition) is 0. The Morgan fingerprint density at radius 1 is 0.938 bits per heavy atom. The fourth-order valence-corrected chi connectivity index (χ4v) is 1.04. The van der Waals surface area contributed by atoms with Crippen molar-refractivity contribution in [2.45, 2.75) is 13.8 Å². The van der Waals surface area contributed by atoms with Gasteiger partial charge in [-0.15, -0.1) is 0 Å². The minimum Gasteiger partial charge on any atom is -0.497 e. The van der Waals surface area contributed by atoms with Gasteiger partial charge in [-0.3, -0.25) is 0 Å². The first-order chi connectivity index (χ1) is 7.71. The Balaban J connectivity index is 0.00000106. The number of rotatable bonds is 3. The Morgan fingerprint density at radius 3 is 1.69 bits per heavy atom. The van der Waals surface area contributed by atoms with Crippen molar-refractivity contribution in [3.8, 4) is 11.5 Å². The van der Waals surface area contributed by atoms with Crippen LogP contribution in [0.3, 0.4) is 0 Å². The molecule has 0 N–H and O–H groups in total. The standard InChI is InChI=1S/C10H12O4.C2H6/c1-12-8-4-7(10(11)14-3)5-9(6-8)13-2;1-2/h4-6H,1-3H3;1-2H3. The lowest BCUT2D eigenvalue weighted by Crippen LogP contribution is -2.02. The summed E-state index contributed by atoms with van der Waals surface area (Å²) in [5.41, 5.74) is 0.406. The Labute approximate surface area is 96.1 Å². The first-order valence-corrected chi connectivity index (χ1v) is 5.02. The van der Waals surface area contributed by atoms with Gasteiger partial charge in [0.15, 0.2) is 0 Å². The highest BCUT2D eigenvalue weighted by molar-refractivity contribution is 5.90. The molecule has 0 fully saturated rings. The minimum atomic E-state index is -0.415. The van der Waals surface area contributed by atoms with Crippen LogP contribution in [0.1, 0.15) is 24.2 Å². The summed E-state index contributed by atoms with van der Waals surface area (Å²) >= 11 is 0. The molecule has 1 rings (SSSR count). The van der Waals surface area contributed by atoms with E-state index in [1.165, 1.54) is 21.3 Å². The van der Waals surface area contributed by atoms with E-state index in [1.807, 2.05) is 13.8 Å². The first kappa shape index (κ1) is 14.3.